The molecule has 0 aliphatic carbocycles. The third kappa shape index (κ3) is 2.48. The molecule has 0 bridgehead atoms. The van der Waals surface area contributed by atoms with Gasteiger partial charge in [-0.15, -0.1) is 0 Å². The van der Waals surface area contributed by atoms with Crippen molar-refractivity contribution in [1.29, 1.82) is 0 Å². The van der Waals surface area contributed by atoms with Gasteiger partial charge >= 0.3 is 0 Å². The minimum Gasteiger partial charge on any atom is -0.390 e. The molecule has 0 atom stereocenters. The lowest BCUT2D eigenvalue weighted by Crippen LogP contribution is -2.42. The molecular weight excluding hydrogens is 272 g/mol. The van der Waals surface area contributed by atoms with E-state index in [2.05, 4.69) is 14.3 Å². The highest BCUT2D eigenvalue weighted by Crippen LogP contribution is 2.40. The summed E-state index contributed by atoms with van der Waals surface area (Å²) in [6.45, 7) is 3.54. The number of hydrogen-bond acceptors (Lipinski definition) is 6. The molecule has 5 nitrogen and oxygen atoms in total. The number of nitrogens with two attached hydrogens (primary N) is 1. The molecule has 0 saturated carbocycles. The summed E-state index contributed by atoms with van der Waals surface area (Å²) in [5.41, 5.74) is 7.43. The van der Waals surface area contributed by atoms with Gasteiger partial charge < -0.3 is 15.7 Å². The van der Waals surface area contributed by atoms with Crippen molar-refractivity contribution in [3.8, 4) is 11.1 Å². The molecule has 3 heterocycles. The fourth-order valence-corrected chi connectivity index (χ4v) is 3.37. The van der Waals surface area contributed by atoms with Gasteiger partial charge in [0, 0.05) is 31.0 Å². The molecule has 0 unspecified atom stereocenters. The van der Waals surface area contributed by atoms with Gasteiger partial charge in [0.15, 0.2) is 0 Å². The van der Waals surface area contributed by atoms with Crippen LogP contribution in [0.2, 0.25) is 0 Å². The van der Waals surface area contributed by atoms with Crippen molar-refractivity contribution in [2.45, 2.75) is 25.4 Å². The predicted molar refractivity (Wildman–Crippen MR) is 81.8 cm³/mol. The molecule has 2 aromatic heterocycles. The van der Waals surface area contributed by atoms with Crippen LogP contribution in [-0.2, 0) is 0 Å². The van der Waals surface area contributed by atoms with Crippen LogP contribution >= 0.6 is 11.5 Å². The van der Waals surface area contributed by atoms with Crippen LogP contribution < -0.4 is 10.6 Å². The van der Waals surface area contributed by atoms with Crippen molar-refractivity contribution < 1.29 is 5.11 Å². The normalized spacial score (nSPS) is 18.2. The van der Waals surface area contributed by atoms with E-state index in [-0.39, 0.29) is 0 Å². The third-order valence-corrected chi connectivity index (χ3v) is 4.70. The maximum absolute atomic E-state index is 10.1. The van der Waals surface area contributed by atoms with E-state index >= 15 is 0 Å². The maximum Gasteiger partial charge on any atom is 0.147 e. The Balaban J connectivity index is 1.92. The monoisotopic (exact) mass is 290 g/mol. The van der Waals surface area contributed by atoms with Gasteiger partial charge in [-0.2, -0.15) is 4.37 Å². The molecule has 0 amide bonds. The first-order valence-electron chi connectivity index (χ1n) is 6.70. The number of hydrogen-bond donors (Lipinski definition) is 2. The average molecular weight is 290 g/mol. The van der Waals surface area contributed by atoms with E-state index in [1.807, 2.05) is 25.3 Å². The average Bonchev–Trinajstić information content (AvgIpc) is 2.82. The Morgan fingerprint density at radius 1 is 1.40 bits per heavy atom. The minimum absolute atomic E-state index is 0.551. The topological polar surface area (TPSA) is 75.3 Å². The molecule has 1 saturated heterocycles. The Labute approximate surface area is 122 Å². The second kappa shape index (κ2) is 5.03. The molecule has 3 N–H and O–H groups in total. The number of aliphatic hydroxyl groups is 1. The van der Waals surface area contributed by atoms with Gasteiger partial charge in [-0.25, -0.2) is 0 Å². The third-order valence-electron chi connectivity index (χ3n) is 3.78. The molecule has 1 fully saturated rings. The molecule has 1 aliphatic heterocycles. The summed E-state index contributed by atoms with van der Waals surface area (Å²) >= 11 is 1.42. The molecule has 3 rings (SSSR count). The van der Waals surface area contributed by atoms with Crippen LogP contribution in [0.4, 0.5) is 10.8 Å². The van der Waals surface area contributed by atoms with Crippen LogP contribution in [0.3, 0.4) is 0 Å². The van der Waals surface area contributed by atoms with E-state index in [0.29, 0.717) is 5.82 Å². The van der Waals surface area contributed by atoms with Gasteiger partial charge in [0.25, 0.3) is 0 Å². The predicted octanol–water partition coefficient (Wildman–Crippen LogP) is 2.14. The van der Waals surface area contributed by atoms with Gasteiger partial charge in [-0.1, -0.05) is 6.07 Å². The van der Waals surface area contributed by atoms with Gasteiger partial charge in [0.05, 0.1) is 11.2 Å². The van der Waals surface area contributed by atoms with Crippen molar-refractivity contribution in [3.05, 3.63) is 24.5 Å². The quantitative estimate of drug-likeness (QED) is 0.886. The molecule has 0 aromatic carbocycles. The summed E-state index contributed by atoms with van der Waals surface area (Å²) in [4.78, 5) is 6.41. The molecule has 0 spiro atoms. The van der Waals surface area contributed by atoms with Crippen LogP contribution in [-0.4, -0.2) is 33.2 Å². The number of anilines is 2. The van der Waals surface area contributed by atoms with E-state index in [9.17, 15) is 5.11 Å². The zero-order chi connectivity index (χ0) is 14.2. The van der Waals surface area contributed by atoms with Gasteiger partial charge in [-0.3, -0.25) is 4.98 Å². The molecule has 0 radical (unpaired) electrons. The summed E-state index contributed by atoms with van der Waals surface area (Å²) in [5, 5.41) is 11.1. The summed E-state index contributed by atoms with van der Waals surface area (Å²) in [6.07, 6.45) is 5.08. The van der Waals surface area contributed by atoms with E-state index in [1.165, 1.54) is 11.5 Å². The Morgan fingerprint density at radius 3 is 2.80 bits per heavy atom. The van der Waals surface area contributed by atoms with Crippen LogP contribution in [0.25, 0.3) is 11.1 Å². The number of rotatable bonds is 2. The summed E-state index contributed by atoms with van der Waals surface area (Å²) in [5.74, 6) is 0.551. The molecule has 6 heteroatoms. The lowest BCUT2D eigenvalue weighted by atomic mass is 9.94. The number of piperidine rings is 1. The first-order chi connectivity index (χ1) is 9.57. The Kier molecular flexibility index (Phi) is 3.35. The fourth-order valence-electron chi connectivity index (χ4n) is 2.48. The lowest BCUT2D eigenvalue weighted by molar-refractivity contribution is 0.0352. The second-order valence-corrected chi connectivity index (χ2v) is 6.23. The zero-order valence-corrected chi connectivity index (χ0v) is 12.2. The fraction of sp³-hybridized carbons (Fsp3) is 0.429. The number of aromatic nitrogens is 2. The lowest BCUT2D eigenvalue weighted by Gasteiger charge is -2.36. The standard InChI is InChI=1S/C14H18N4OS/c1-14(19)4-7-18(8-5-14)13-11(12(15)17-20-13)10-3-2-6-16-9-10/h2-3,6,9,19H,4-5,7-8H2,1H3,(H2,15,17). The van der Waals surface area contributed by atoms with Crippen LogP contribution in [0.1, 0.15) is 19.8 Å². The number of pyridine rings is 1. The van der Waals surface area contributed by atoms with Crippen molar-refractivity contribution in [2.24, 2.45) is 0 Å². The summed E-state index contributed by atoms with van der Waals surface area (Å²) < 4.78 is 4.29. The van der Waals surface area contributed by atoms with Crippen molar-refractivity contribution >= 4 is 22.4 Å². The first-order valence-corrected chi connectivity index (χ1v) is 7.47. The van der Waals surface area contributed by atoms with Gasteiger partial charge in [0.1, 0.15) is 10.8 Å². The molecule has 1 aliphatic rings. The van der Waals surface area contributed by atoms with E-state index < -0.39 is 5.60 Å². The Hall–Kier alpha value is -1.66. The van der Waals surface area contributed by atoms with Gasteiger partial charge in [-0.05, 0) is 37.4 Å². The smallest absolute Gasteiger partial charge is 0.147 e. The Bertz CT molecular complexity index is 586. The Morgan fingerprint density at radius 2 is 2.15 bits per heavy atom. The SMILES string of the molecule is CC1(O)CCN(c2snc(N)c2-c2cccnc2)CC1. The second-order valence-electron chi connectivity index (χ2n) is 5.47. The molecule has 20 heavy (non-hydrogen) atoms. The molecule has 106 valence electrons. The van der Waals surface area contributed by atoms with Crippen LogP contribution in [0.15, 0.2) is 24.5 Å². The van der Waals surface area contributed by atoms with Crippen LogP contribution in [0.5, 0.6) is 0 Å². The number of nitrogens with zero attached hydrogens (tertiary/aromatic N) is 3. The van der Waals surface area contributed by atoms with Crippen molar-refractivity contribution in [3.63, 3.8) is 0 Å². The maximum atomic E-state index is 10.1. The van der Waals surface area contributed by atoms with E-state index in [4.69, 9.17) is 5.73 Å². The highest BCUT2D eigenvalue weighted by Gasteiger charge is 2.30. The number of nitrogen functional groups attached to an aromatic ring is 1. The van der Waals surface area contributed by atoms with E-state index in [0.717, 1.165) is 42.1 Å². The highest BCUT2D eigenvalue weighted by atomic mass is 32.1. The molecule has 2 aromatic rings. The van der Waals surface area contributed by atoms with Crippen LogP contribution in [0, 0.1) is 0 Å². The van der Waals surface area contributed by atoms with Crippen molar-refractivity contribution in [2.75, 3.05) is 23.7 Å². The van der Waals surface area contributed by atoms with Crippen molar-refractivity contribution in [1.82, 2.24) is 9.36 Å². The zero-order valence-electron chi connectivity index (χ0n) is 11.4. The van der Waals surface area contributed by atoms with E-state index in [1.54, 1.807) is 6.20 Å². The van der Waals surface area contributed by atoms with Gasteiger partial charge in [0.2, 0.25) is 0 Å². The first kappa shape index (κ1) is 13.3. The highest BCUT2D eigenvalue weighted by molar-refractivity contribution is 7.11. The largest absolute Gasteiger partial charge is 0.390 e. The summed E-state index contributed by atoms with van der Waals surface area (Å²) in [6, 6.07) is 3.90. The minimum atomic E-state index is -0.554. The molecular formula is C14H18N4OS. The summed E-state index contributed by atoms with van der Waals surface area (Å²) in [7, 11) is 0.